The highest BCUT2D eigenvalue weighted by molar-refractivity contribution is 5.77. The smallest absolute Gasteiger partial charge is 0.278 e. The largest absolute Gasteiger partial charge is 0.383 e. The number of piperidine rings is 1. The van der Waals surface area contributed by atoms with Gasteiger partial charge >= 0.3 is 0 Å². The Morgan fingerprint density at radius 2 is 1.93 bits per heavy atom. The maximum absolute atomic E-state index is 13.5. The summed E-state index contributed by atoms with van der Waals surface area (Å²) in [5, 5.41) is 15.2. The van der Waals surface area contributed by atoms with E-state index in [1.54, 1.807) is 21.6 Å². The molecule has 2 fully saturated rings. The number of rotatable bonds is 7. The average Bonchev–Trinajstić information content (AvgIpc) is 3.68. The van der Waals surface area contributed by atoms with Crippen molar-refractivity contribution in [3.63, 3.8) is 0 Å². The van der Waals surface area contributed by atoms with Gasteiger partial charge in [-0.25, -0.2) is 19.3 Å². The molecule has 2 aliphatic carbocycles. The summed E-state index contributed by atoms with van der Waals surface area (Å²) in [6, 6.07) is 10.9. The lowest BCUT2D eigenvalue weighted by Crippen LogP contribution is -2.42. The van der Waals surface area contributed by atoms with Crippen LogP contribution >= 0.6 is 0 Å². The van der Waals surface area contributed by atoms with Crippen molar-refractivity contribution >= 4 is 28.4 Å². The molecular weight excluding hydrogens is 540 g/mol. The summed E-state index contributed by atoms with van der Waals surface area (Å²) < 4.78 is 3.30. The summed E-state index contributed by atoms with van der Waals surface area (Å²) in [4.78, 5) is 32.5. The van der Waals surface area contributed by atoms with E-state index in [1.807, 2.05) is 19.1 Å². The molecule has 4 heterocycles. The molecule has 1 aliphatic heterocycles. The Morgan fingerprint density at radius 3 is 2.60 bits per heavy atom. The van der Waals surface area contributed by atoms with Crippen LogP contribution in [0.4, 0.5) is 17.3 Å². The minimum atomic E-state index is -1.00. The predicted molar refractivity (Wildman–Crippen MR) is 169 cm³/mol. The molecule has 43 heavy (non-hydrogen) atoms. The average molecular weight is 581 g/mol. The first-order chi connectivity index (χ1) is 20.6. The first kappa shape index (κ1) is 27.8. The fourth-order valence-corrected chi connectivity index (χ4v) is 7.21. The fourth-order valence-electron chi connectivity index (χ4n) is 7.21. The molecule has 0 amide bonds. The normalized spacial score (nSPS) is 21.1. The van der Waals surface area contributed by atoms with E-state index in [-0.39, 0.29) is 17.5 Å². The third kappa shape index (κ3) is 4.46. The standard InChI is InChI=1S/C33H40N8O2/c1-6-15-40-30(42)25-20-34-31(35-23-8-9-26(21(2)18-23)39-16-11-24(12-17-39)38(4)5)37-29(25)41(40)27-10-7-22-19-33(13-14-33)32(3,43)28(22)36-27/h6-10,18,20,24,43H,1,11-17,19H2,2-5H3,(H,34,35,37)/t32-/m1/s1. The van der Waals surface area contributed by atoms with Crippen molar-refractivity contribution in [3.8, 4) is 5.82 Å². The molecule has 1 saturated heterocycles. The van der Waals surface area contributed by atoms with Crippen molar-refractivity contribution < 1.29 is 5.11 Å². The lowest BCUT2D eigenvalue weighted by molar-refractivity contribution is -0.0102. The van der Waals surface area contributed by atoms with Crippen LogP contribution in [0, 0.1) is 12.3 Å². The highest BCUT2D eigenvalue weighted by Gasteiger charge is 2.62. The summed E-state index contributed by atoms with van der Waals surface area (Å²) in [5.74, 6) is 0.926. The van der Waals surface area contributed by atoms with Crippen LogP contribution in [-0.2, 0) is 18.6 Å². The SMILES string of the molecule is C=CCn1c(=O)c2cnc(Nc3ccc(N4CCC(N(C)C)CC4)c(C)c3)nc2n1-c1ccc2c(n1)[C@@](C)(O)C1(CC1)C2. The number of pyridine rings is 1. The Balaban J connectivity index is 1.22. The van der Waals surface area contributed by atoms with Gasteiger partial charge in [-0.3, -0.25) is 4.79 Å². The fraction of sp³-hybridized carbons (Fsp3) is 0.455. The van der Waals surface area contributed by atoms with Crippen LogP contribution in [0.2, 0.25) is 0 Å². The van der Waals surface area contributed by atoms with E-state index in [4.69, 9.17) is 9.97 Å². The number of nitrogens with zero attached hydrogens (tertiary/aromatic N) is 7. The number of hydrogen-bond donors (Lipinski definition) is 2. The molecule has 4 aromatic rings. The third-order valence-corrected chi connectivity index (χ3v) is 10.0. The number of aryl methyl sites for hydroxylation is 1. The molecule has 3 aliphatic rings. The maximum Gasteiger partial charge on any atom is 0.278 e. The number of aliphatic hydroxyl groups is 1. The number of aromatic nitrogens is 5. The van der Waals surface area contributed by atoms with Crippen LogP contribution in [0.1, 0.15) is 49.4 Å². The summed E-state index contributed by atoms with van der Waals surface area (Å²) >= 11 is 0. The van der Waals surface area contributed by atoms with Crippen molar-refractivity contribution in [1.82, 2.24) is 29.2 Å². The molecule has 1 atom stereocenters. The van der Waals surface area contributed by atoms with E-state index in [1.165, 1.54) is 11.3 Å². The van der Waals surface area contributed by atoms with E-state index in [2.05, 4.69) is 65.9 Å². The van der Waals surface area contributed by atoms with Gasteiger partial charge in [0.15, 0.2) is 11.5 Å². The van der Waals surface area contributed by atoms with Crippen molar-refractivity contribution in [1.29, 1.82) is 0 Å². The van der Waals surface area contributed by atoms with Crippen LogP contribution in [0.5, 0.6) is 0 Å². The molecule has 1 spiro atoms. The zero-order valence-electron chi connectivity index (χ0n) is 25.5. The maximum atomic E-state index is 13.5. The number of fused-ring (bicyclic) bond motifs is 2. The minimum absolute atomic E-state index is 0.115. The van der Waals surface area contributed by atoms with Crippen molar-refractivity contribution in [3.05, 3.63) is 76.4 Å². The summed E-state index contributed by atoms with van der Waals surface area (Å²) in [7, 11) is 4.32. The lowest BCUT2D eigenvalue weighted by Gasteiger charge is -2.37. The van der Waals surface area contributed by atoms with Crippen molar-refractivity contribution in [2.45, 2.75) is 64.1 Å². The van der Waals surface area contributed by atoms with Gasteiger partial charge in [-0.05, 0) is 95.4 Å². The Hall–Kier alpha value is -4.02. The van der Waals surface area contributed by atoms with E-state index in [9.17, 15) is 9.90 Å². The van der Waals surface area contributed by atoms with Gasteiger partial charge in [0.2, 0.25) is 5.95 Å². The minimum Gasteiger partial charge on any atom is -0.383 e. The van der Waals surface area contributed by atoms with Crippen LogP contribution in [0.3, 0.4) is 0 Å². The first-order valence-corrected chi connectivity index (χ1v) is 15.2. The number of allylic oxidation sites excluding steroid dienone is 1. The second-order valence-electron chi connectivity index (χ2n) is 12.9. The van der Waals surface area contributed by atoms with Gasteiger partial charge in [0, 0.05) is 42.1 Å². The van der Waals surface area contributed by atoms with Crippen LogP contribution in [0.15, 0.2) is 54.0 Å². The van der Waals surface area contributed by atoms with Gasteiger partial charge in [0.05, 0.1) is 12.2 Å². The predicted octanol–water partition coefficient (Wildman–Crippen LogP) is 4.29. The molecule has 0 radical (unpaired) electrons. The molecule has 1 saturated carbocycles. The van der Waals surface area contributed by atoms with Gasteiger partial charge in [0.1, 0.15) is 11.0 Å². The quantitative estimate of drug-likeness (QED) is 0.312. The van der Waals surface area contributed by atoms with Crippen molar-refractivity contribution in [2.24, 2.45) is 5.41 Å². The lowest BCUT2D eigenvalue weighted by atomic mass is 9.88. The zero-order valence-corrected chi connectivity index (χ0v) is 25.5. The van der Waals surface area contributed by atoms with E-state index < -0.39 is 5.60 Å². The van der Waals surface area contributed by atoms with E-state index >= 15 is 0 Å². The summed E-state index contributed by atoms with van der Waals surface area (Å²) in [6.07, 6.45) is 8.39. The van der Waals surface area contributed by atoms with Gasteiger partial charge in [0.25, 0.3) is 5.56 Å². The molecule has 3 aromatic heterocycles. The highest BCUT2D eigenvalue weighted by atomic mass is 16.3. The third-order valence-electron chi connectivity index (χ3n) is 10.0. The van der Waals surface area contributed by atoms with Gasteiger partial charge in [-0.2, -0.15) is 4.98 Å². The highest BCUT2D eigenvalue weighted by Crippen LogP contribution is 2.64. The monoisotopic (exact) mass is 580 g/mol. The number of benzene rings is 1. The van der Waals surface area contributed by atoms with Crippen LogP contribution < -0.4 is 15.8 Å². The second-order valence-corrected chi connectivity index (χ2v) is 12.9. The molecule has 7 rings (SSSR count). The molecule has 10 nitrogen and oxygen atoms in total. The topological polar surface area (TPSA) is 104 Å². The molecule has 0 unspecified atom stereocenters. The van der Waals surface area contributed by atoms with Gasteiger partial charge in [-0.1, -0.05) is 12.1 Å². The Kier molecular flexibility index (Phi) is 6.48. The van der Waals surface area contributed by atoms with E-state index in [0.29, 0.717) is 34.5 Å². The Morgan fingerprint density at radius 1 is 1.16 bits per heavy atom. The molecule has 224 valence electrons. The summed E-state index contributed by atoms with van der Waals surface area (Å²) in [5.41, 5.74) is 4.20. The van der Waals surface area contributed by atoms with Gasteiger partial charge < -0.3 is 20.2 Å². The number of nitrogens with one attached hydrogen (secondary N) is 1. The number of hydrogen-bond acceptors (Lipinski definition) is 8. The number of anilines is 3. The molecule has 10 heteroatoms. The zero-order chi connectivity index (χ0) is 30.1. The molecule has 2 N–H and O–H groups in total. The van der Waals surface area contributed by atoms with Gasteiger partial charge in [-0.15, -0.1) is 6.58 Å². The second kappa shape index (κ2) is 10.0. The first-order valence-electron chi connectivity index (χ1n) is 15.2. The van der Waals surface area contributed by atoms with E-state index in [0.717, 1.165) is 56.4 Å². The molecule has 0 bridgehead atoms. The summed E-state index contributed by atoms with van der Waals surface area (Å²) in [6.45, 7) is 10.2. The van der Waals surface area contributed by atoms with Crippen molar-refractivity contribution in [2.75, 3.05) is 37.4 Å². The Labute approximate surface area is 251 Å². The van der Waals surface area contributed by atoms with Crippen LogP contribution in [-0.4, -0.2) is 67.5 Å². The van der Waals surface area contributed by atoms with Crippen LogP contribution in [0.25, 0.3) is 16.9 Å². The Bertz CT molecular complexity index is 1790. The molecule has 1 aromatic carbocycles. The molecular formula is C33H40N8O2.